The number of ether oxygens (including phenoxy) is 3. The fourth-order valence-corrected chi connectivity index (χ4v) is 7.09. The molecule has 0 N–H and O–H groups in total. The number of aromatic nitrogens is 1. The van der Waals surface area contributed by atoms with E-state index in [9.17, 15) is 4.79 Å². The van der Waals surface area contributed by atoms with Gasteiger partial charge in [-0.2, -0.15) is 0 Å². The first-order valence-electron chi connectivity index (χ1n) is 13.1. The van der Waals surface area contributed by atoms with Crippen molar-refractivity contribution in [1.82, 2.24) is 14.2 Å². The van der Waals surface area contributed by atoms with E-state index in [2.05, 4.69) is 27.2 Å². The molecule has 0 radical (unpaired) electrons. The molecular weight excluding hydrogens is 474 g/mol. The van der Waals surface area contributed by atoms with Crippen LogP contribution in [-0.2, 0) is 16.1 Å². The van der Waals surface area contributed by atoms with Crippen molar-refractivity contribution in [2.45, 2.75) is 50.2 Å². The molecule has 3 fully saturated rings. The van der Waals surface area contributed by atoms with Crippen molar-refractivity contribution in [3.05, 3.63) is 53.7 Å². The van der Waals surface area contributed by atoms with Crippen molar-refractivity contribution in [3.8, 4) is 5.88 Å². The van der Waals surface area contributed by atoms with Gasteiger partial charge in [0.05, 0.1) is 12.0 Å². The van der Waals surface area contributed by atoms with E-state index in [1.54, 1.807) is 19.1 Å². The lowest BCUT2D eigenvalue weighted by Crippen LogP contribution is -2.44. The number of carbonyl (C=O) groups is 1. The van der Waals surface area contributed by atoms with Gasteiger partial charge in [-0.15, -0.1) is 0 Å². The Kier molecular flexibility index (Phi) is 8.34. The lowest BCUT2D eigenvalue weighted by molar-refractivity contribution is 0.0351. The Morgan fingerprint density at radius 3 is 2.58 bits per heavy atom. The average Bonchev–Trinajstić information content (AvgIpc) is 3.46. The smallest absolute Gasteiger partial charge is 0.410 e. The van der Waals surface area contributed by atoms with E-state index in [0.29, 0.717) is 30.2 Å². The Hall–Kier alpha value is -2.29. The van der Waals surface area contributed by atoms with Crippen LogP contribution in [0.2, 0.25) is 0 Å². The molecule has 194 valence electrons. The number of nitrogens with zero attached hydrogens (tertiary/aromatic N) is 3. The number of aryl methyl sites for hydroxylation is 1. The van der Waals surface area contributed by atoms with E-state index < -0.39 is 0 Å². The van der Waals surface area contributed by atoms with E-state index in [1.165, 1.54) is 0 Å². The molecule has 0 spiro atoms. The highest BCUT2D eigenvalue weighted by Crippen LogP contribution is 2.45. The van der Waals surface area contributed by atoms with Crippen molar-refractivity contribution in [2.24, 2.45) is 17.8 Å². The summed E-state index contributed by atoms with van der Waals surface area (Å²) in [5, 5.41) is 0. The van der Waals surface area contributed by atoms with E-state index in [4.69, 9.17) is 14.2 Å². The predicted octanol–water partition coefficient (Wildman–Crippen LogP) is 5.18. The van der Waals surface area contributed by atoms with Gasteiger partial charge in [0.2, 0.25) is 5.88 Å². The molecule has 2 aromatic rings. The Balaban J connectivity index is 1.21. The zero-order valence-corrected chi connectivity index (χ0v) is 22.1. The highest BCUT2D eigenvalue weighted by Gasteiger charge is 2.45. The van der Waals surface area contributed by atoms with Crippen molar-refractivity contribution in [2.75, 3.05) is 40.0 Å². The van der Waals surface area contributed by atoms with E-state index in [0.717, 1.165) is 74.6 Å². The highest BCUT2D eigenvalue weighted by molar-refractivity contribution is 7.97. The van der Waals surface area contributed by atoms with Gasteiger partial charge in [-0.25, -0.2) is 14.1 Å². The molecule has 2 saturated heterocycles. The maximum Gasteiger partial charge on any atom is 0.410 e. The van der Waals surface area contributed by atoms with Gasteiger partial charge < -0.3 is 19.1 Å². The molecule has 7 nitrogen and oxygen atoms in total. The van der Waals surface area contributed by atoms with Gasteiger partial charge in [-0.1, -0.05) is 30.3 Å². The summed E-state index contributed by atoms with van der Waals surface area (Å²) < 4.78 is 19.3. The summed E-state index contributed by atoms with van der Waals surface area (Å²) in [5.74, 6) is 2.34. The second-order valence-corrected chi connectivity index (χ2v) is 11.5. The molecule has 2 aliphatic heterocycles. The monoisotopic (exact) mass is 511 g/mol. The van der Waals surface area contributed by atoms with Crippen LogP contribution in [-0.4, -0.2) is 66.3 Å². The number of amides is 1. The van der Waals surface area contributed by atoms with Crippen molar-refractivity contribution in [3.63, 3.8) is 0 Å². The maximum absolute atomic E-state index is 13.3. The minimum Gasteiger partial charge on any atom is -0.480 e. The van der Waals surface area contributed by atoms with Gasteiger partial charge in [-0.3, -0.25) is 0 Å². The van der Waals surface area contributed by atoms with Crippen LogP contribution < -0.4 is 4.74 Å². The number of fused-ring (bicyclic) bond motifs is 1. The Morgan fingerprint density at radius 2 is 1.89 bits per heavy atom. The quantitative estimate of drug-likeness (QED) is 0.453. The summed E-state index contributed by atoms with van der Waals surface area (Å²) in [4.78, 5) is 20.9. The zero-order valence-electron chi connectivity index (χ0n) is 21.3. The topological polar surface area (TPSA) is 64.1 Å². The molecule has 1 aromatic heterocycles. The zero-order chi connectivity index (χ0) is 24.9. The highest BCUT2D eigenvalue weighted by atomic mass is 32.2. The van der Waals surface area contributed by atoms with Crippen LogP contribution in [0.15, 0.2) is 47.5 Å². The molecule has 2 atom stereocenters. The fourth-order valence-electron chi connectivity index (χ4n) is 5.82. The summed E-state index contributed by atoms with van der Waals surface area (Å²) in [7, 11) is 1.68. The Morgan fingerprint density at radius 1 is 1.17 bits per heavy atom. The molecule has 3 aliphatic rings. The van der Waals surface area contributed by atoms with Gasteiger partial charge in [0.1, 0.15) is 6.61 Å². The molecule has 3 heterocycles. The molecule has 5 rings (SSSR count). The van der Waals surface area contributed by atoms with Gasteiger partial charge in [0, 0.05) is 45.1 Å². The first-order valence-corrected chi connectivity index (χ1v) is 13.8. The standard InChI is InChI=1S/C28H37N3O4S/c1-20-12-26(27(33-2)29-15-20)36-30-17-23-13-25(14-24(23)18-30)31(16-21-8-10-34-11-9-21)28(32)35-19-22-6-4-3-5-7-22/h3-7,12,15,21,23-25H,8-11,13-14,16-19H2,1-2H3. The Bertz CT molecular complexity index is 1000. The van der Waals surface area contributed by atoms with Crippen LogP contribution in [0.1, 0.15) is 36.8 Å². The fraction of sp³-hybridized carbons (Fsp3) is 0.571. The SMILES string of the molecule is COc1ncc(C)cc1SN1CC2CC(N(CC3CCOCC3)C(=O)OCc3ccccc3)CC2C1. The summed E-state index contributed by atoms with van der Waals surface area (Å²) in [6.45, 7) is 6.77. The molecule has 1 saturated carbocycles. The number of hydrogen-bond acceptors (Lipinski definition) is 7. The van der Waals surface area contributed by atoms with Crippen molar-refractivity contribution >= 4 is 18.0 Å². The van der Waals surface area contributed by atoms with Crippen molar-refractivity contribution in [1.29, 1.82) is 0 Å². The third kappa shape index (κ3) is 6.15. The molecule has 1 aromatic carbocycles. The third-order valence-electron chi connectivity index (χ3n) is 7.74. The van der Waals surface area contributed by atoms with Crippen LogP contribution in [0.3, 0.4) is 0 Å². The van der Waals surface area contributed by atoms with Crippen LogP contribution in [0.25, 0.3) is 0 Å². The van der Waals surface area contributed by atoms with Gasteiger partial charge in [0.15, 0.2) is 0 Å². The van der Waals surface area contributed by atoms with E-state index in [-0.39, 0.29) is 12.1 Å². The third-order valence-corrected chi connectivity index (χ3v) is 8.79. The number of methoxy groups -OCH3 is 1. The summed E-state index contributed by atoms with van der Waals surface area (Å²) in [6.07, 6.45) is 5.77. The number of hydrogen-bond donors (Lipinski definition) is 0. The first kappa shape index (κ1) is 25.4. The molecular formula is C28H37N3O4S. The minimum atomic E-state index is -0.169. The normalized spacial score (nSPS) is 24.4. The van der Waals surface area contributed by atoms with Crippen LogP contribution in [0.5, 0.6) is 5.88 Å². The lowest BCUT2D eigenvalue weighted by atomic mass is 9.98. The molecule has 2 unspecified atom stereocenters. The average molecular weight is 512 g/mol. The largest absolute Gasteiger partial charge is 0.480 e. The minimum absolute atomic E-state index is 0.169. The predicted molar refractivity (Wildman–Crippen MR) is 140 cm³/mol. The van der Waals surface area contributed by atoms with Crippen LogP contribution in [0.4, 0.5) is 4.79 Å². The number of rotatable bonds is 8. The summed E-state index contributed by atoms with van der Waals surface area (Å²) in [6, 6.07) is 12.3. The van der Waals surface area contributed by atoms with Crippen LogP contribution >= 0.6 is 11.9 Å². The molecule has 8 heteroatoms. The van der Waals surface area contributed by atoms with Crippen molar-refractivity contribution < 1.29 is 19.0 Å². The van der Waals surface area contributed by atoms with E-state index in [1.807, 2.05) is 36.5 Å². The van der Waals surface area contributed by atoms with Crippen LogP contribution in [0, 0.1) is 24.7 Å². The van der Waals surface area contributed by atoms with Gasteiger partial charge in [-0.05, 0) is 79.5 Å². The number of pyridine rings is 1. The Labute approximate surface area is 218 Å². The molecule has 1 amide bonds. The molecule has 0 bridgehead atoms. The van der Waals surface area contributed by atoms with E-state index >= 15 is 0 Å². The number of carbonyl (C=O) groups excluding carboxylic acids is 1. The first-order chi connectivity index (χ1) is 17.6. The molecule has 36 heavy (non-hydrogen) atoms. The lowest BCUT2D eigenvalue weighted by Gasteiger charge is -2.34. The second-order valence-electron chi connectivity index (χ2n) is 10.4. The second kappa shape index (κ2) is 11.8. The van der Waals surface area contributed by atoms with Gasteiger partial charge in [0.25, 0.3) is 0 Å². The summed E-state index contributed by atoms with van der Waals surface area (Å²) >= 11 is 1.75. The number of benzene rings is 1. The maximum atomic E-state index is 13.3. The summed E-state index contributed by atoms with van der Waals surface area (Å²) in [5.41, 5.74) is 2.16. The molecule has 1 aliphatic carbocycles. The van der Waals surface area contributed by atoms with Gasteiger partial charge >= 0.3 is 6.09 Å².